The number of hydrogen-bond donors (Lipinski definition) is 2. The van der Waals surface area contributed by atoms with E-state index in [1.165, 1.54) is 42.8 Å². The number of aromatic nitrogens is 2. The van der Waals surface area contributed by atoms with E-state index in [9.17, 15) is 0 Å². The smallest absolute Gasteiger partial charge is 0.0651 e. The summed E-state index contributed by atoms with van der Waals surface area (Å²) >= 11 is 1.81. The number of nitrogen functional groups attached to an aromatic ring is 1. The molecule has 1 fully saturated rings. The molecule has 0 spiro atoms. The lowest BCUT2D eigenvalue weighted by Gasteiger charge is -2.26. The molecule has 5 heteroatoms. The average Bonchev–Trinajstić information content (AvgIpc) is 3.11. The van der Waals surface area contributed by atoms with Gasteiger partial charge in [-0.15, -0.1) is 11.8 Å². The molecule has 1 aliphatic rings. The first-order valence-corrected chi connectivity index (χ1v) is 10.0. The molecule has 25 heavy (non-hydrogen) atoms. The summed E-state index contributed by atoms with van der Waals surface area (Å²) in [6, 6.07) is 14.6. The van der Waals surface area contributed by atoms with Gasteiger partial charge in [0.1, 0.15) is 0 Å². The number of nitrogens with two attached hydrogens (primary N) is 1. The Morgan fingerprint density at radius 2 is 1.84 bits per heavy atom. The van der Waals surface area contributed by atoms with Crippen LogP contribution in [0.25, 0.3) is 10.9 Å². The summed E-state index contributed by atoms with van der Waals surface area (Å²) in [5, 5.41) is 7.76. The van der Waals surface area contributed by atoms with Crippen LogP contribution in [0.5, 0.6) is 0 Å². The highest BCUT2D eigenvalue weighted by molar-refractivity contribution is 7.98. The summed E-state index contributed by atoms with van der Waals surface area (Å²) in [7, 11) is 0. The van der Waals surface area contributed by atoms with E-state index in [4.69, 9.17) is 5.73 Å². The number of likely N-dealkylation sites (tertiary alicyclic amines) is 1. The number of aromatic amines is 1. The molecule has 0 atom stereocenters. The number of nitrogens with one attached hydrogen (secondary N) is 1. The van der Waals surface area contributed by atoms with E-state index in [1.54, 1.807) is 6.20 Å². The first-order chi connectivity index (χ1) is 12.2. The summed E-state index contributed by atoms with van der Waals surface area (Å²) < 4.78 is 0. The summed E-state index contributed by atoms with van der Waals surface area (Å²) in [6.07, 6.45) is 8.05. The van der Waals surface area contributed by atoms with Gasteiger partial charge in [0.25, 0.3) is 0 Å². The van der Waals surface area contributed by atoms with Crippen LogP contribution in [0.4, 0.5) is 5.69 Å². The molecule has 132 valence electrons. The molecule has 1 saturated heterocycles. The Kier molecular flexibility index (Phi) is 6.36. The molecule has 4 rings (SSSR count). The Morgan fingerprint density at radius 1 is 1.08 bits per heavy atom. The Bertz CT molecular complexity index is 776. The predicted molar refractivity (Wildman–Crippen MR) is 108 cm³/mol. The molecule has 3 N–H and O–H groups in total. The minimum atomic E-state index is 0.772. The van der Waals surface area contributed by atoms with E-state index in [0.29, 0.717) is 0 Å². The maximum atomic E-state index is 5.54. The second kappa shape index (κ2) is 8.92. The summed E-state index contributed by atoms with van der Waals surface area (Å²) in [6.45, 7) is 3.70. The fraction of sp³-hybridized carbons (Fsp3) is 0.350. The number of anilines is 1. The summed E-state index contributed by atoms with van der Waals surface area (Å²) in [5.41, 5.74) is 8.79. The number of H-pyrrole nitrogens is 1. The Balaban J connectivity index is 0.000000157. The Hall–Kier alpha value is -1.98. The van der Waals surface area contributed by atoms with Gasteiger partial charge in [0.2, 0.25) is 0 Å². The molecule has 2 heterocycles. The van der Waals surface area contributed by atoms with Gasteiger partial charge in [-0.05, 0) is 68.1 Å². The summed E-state index contributed by atoms with van der Waals surface area (Å²) in [4.78, 5) is 3.93. The molecule has 0 radical (unpaired) electrons. The molecule has 4 nitrogen and oxygen atoms in total. The highest BCUT2D eigenvalue weighted by Crippen LogP contribution is 2.17. The van der Waals surface area contributed by atoms with Crippen molar-refractivity contribution in [3.05, 3.63) is 54.2 Å². The Morgan fingerprint density at radius 3 is 2.56 bits per heavy atom. The van der Waals surface area contributed by atoms with Gasteiger partial charge in [0.15, 0.2) is 0 Å². The van der Waals surface area contributed by atoms with Gasteiger partial charge in [0.05, 0.1) is 11.7 Å². The van der Waals surface area contributed by atoms with E-state index in [-0.39, 0.29) is 0 Å². The minimum Gasteiger partial charge on any atom is -0.399 e. The molecular weight excluding hydrogens is 328 g/mol. The maximum Gasteiger partial charge on any atom is 0.0651 e. The zero-order chi connectivity index (χ0) is 17.5. The number of benzene rings is 2. The quantitative estimate of drug-likeness (QED) is 0.535. The fourth-order valence-corrected chi connectivity index (χ4v) is 3.48. The van der Waals surface area contributed by atoms with Crippen molar-refractivity contribution in [3.8, 4) is 0 Å². The highest BCUT2D eigenvalue weighted by Gasteiger charge is 2.09. The third kappa shape index (κ3) is 5.25. The van der Waals surface area contributed by atoms with Crippen molar-refractivity contribution in [2.24, 2.45) is 0 Å². The third-order valence-corrected chi connectivity index (χ3v) is 5.22. The van der Waals surface area contributed by atoms with Crippen LogP contribution in [-0.2, 0) is 6.54 Å². The first-order valence-electron chi connectivity index (χ1n) is 8.78. The van der Waals surface area contributed by atoms with Crippen LogP contribution in [0.3, 0.4) is 0 Å². The second-order valence-corrected chi connectivity index (χ2v) is 7.28. The second-order valence-electron chi connectivity index (χ2n) is 6.40. The van der Waals surface area contributed by atoms with Gasteiger partial charge in [-0.25, -0.2) is 0 Å². The van der Waals surface area contributed by atoms with Crippen LogP contribution in [-0.4, -0.2) is 34.4 Å². The highest BCUT2D eigenvalue weighted by atomic mass is 32.2. The van der Waals surface area contributed by atoms with Crippen LogP contribution in [0.2, 0.25) is 0 Å². The van der Waals surface area contributed by atoms with E-state index in [2.05, 4.69) is 45.6 Å². The van der Waals surface area contributed by atoms with Gasteiger partial charge < -0.3 is 5.73 Å². The molecule has 1 aliphatic heterocycles. The molecule has 0 aliphatic carbocycles. The molecule has 3 aromatic rings. The summed E-state index contributed by atoms with van der Waals surface area (Å²) in [5.74, 6) is 0. The normalized spacial score (nSPS) is 14.9. The SMILES string of the molecule is CSc1ccc(CN2CCCCC2)cc1.Nc1ccc2[nH]ncc2c1. The average molecular weight is 355 g/mol. The zero-order valence-electron chi connectivity index (χ0n) is 14.7. The van der Waals surface area contributed by atoms with Crippen LogP contribution in [0.15, 0.2) is 53.6 Å². The van der Waals surface area contributed by atoms with Crippen molar-refractivity contribution >= 4 is 28.4 Å². The van der Waals surface area contributed by atoms with E-state index in [0.717, 1.165) is 23.1 Å². The van der Waals surface area contributed by atoms with Crippen molar-refractivity contribution in [1.29, 1.82) is 0 Å². The van der Waals surface area contributed by atoms with Crippen molar-refractivity contribution in [3.63, 3.8) is 0 Å². The molecule has 0 saturated carbocycles. The van der Waals surface area contributed by atoms with Crippen LogP contribution >= 0.6 is 11.8 Å². The number of piperidine rings is 1. The number of fused-ring (bicyclic) bond motifs is 1. The largest absolute Gasteiger partial charge is 0.399 e. The minimum absolute atomic E-state index is 0.772. The topological polar surface area (TPSA) is 57.9 Å². The van der Waals surface area contributed by atoms with Gasteiger partial charge in [-0.3, -0.25) is 10.00 Å². The number of thioether (sulfide) groups is 1. The Labute approximate surface area is 153 Å². The standard InChI is InChI=1S/C13H19NS.C7H7N3/c1-15-13-7-5-12(6-8-13)11-14-9-3-2-4-10-14;8-6-1-2-7-5(3-6)4-9-10-7/h5-8H,2-4,9-11H2,1H3;1-4H,8H2,(H,9,10). The van der Waals surface area contributed by atoms with Gasteiger partial charge in [-0.2, -0.15) is 5.10 Å². The maximum absolute atomic E-state index is 5.54. The molecule has 2 aromatic carbocycles. The van der Waals surface area contributed by atoms with Gasteiger partial charge >= 0.3 is 0 Å². The zero-order valence-corrected chi connectivity index (χ0v) is 15.6. The fourth-order valence-electron chi connectivity index (χ4n) is 3.07. The van der Waals surface area contributed by atoms with E-state index in [1.807, 2.05) is 30.0 Å². The van der Waals surface area contributed by atoms with Crippen LogP contribution in [0, 0.1) is 0 Å². The first kappa shape index (κ1) is 17.8. The van der Waals surface area contributed by atoms with Gasteiger partial charge in [-0.1, -0.05) is 18.6 Å². The van der Waals surface area contributed by atoms with Crippen molar-refractivity contribution in [2.75, 3.05) is 25.1 Å². The van der Waals surface area contributed by atoms with Crippen molar-refractivity contribution in [2.45, 2.75) is 30.7 Å². The molecule has 0 bridgehead atoms. The van der Waals surface area contributed by atoms with Crippen LogP contribution in [0.1, 0.15) is 24.8 Å². The lowest BCUT2D eigenvalue weighted by atomic mass is 10.1. The predicted octanol–water partition coefficient (Wildman–Crippen LogP) is 4.54. The molecule has 0 amide bonds. The van der Waals surface area contributed by atoms with Crippen molar-refractivity contribution < 1.29 is 0 Å². The molecule has 0 unspecified atom stereocenters. The lowest BCUT2D eigenvalue weighted by molar-refractivity contribution is 0.221. The van der Waals surface area contributed by atoms with E-state index >= 15 is 0 Å². The number of hydrogen-bond acceptors (Lipinski definition) is 4. The van der Waals surface area contributed by atoms with Gasteiger partial charge in [0, 0.05) is 22.5 Å². The van der Waals surface area contributed by atoms with Crippen LogP contribution < -0.4 is 5.73 Å². The third-order valence-electron chi connectivity index (χ3n) is 4.48. The van der Waals surface area contributed by atoms with Crippen molar-refractivity contribution in [1.82, 2.24) is 15.1 Å². The lowest BCUT2D eigenvalue weighted by Crippen LogP contribution is -2.28. The molecule has 1 aromatic heterocycles. The monoisotopic (exact) mass is 354 g/mol. The number of nitrogens with zero attached hydrogens (tertiary/aromatic N) is 2. The molecular formula is C20H26N4S. The number of rotatable bonds is 3. The van der Waals surface area contributed by atoms with E-state index < -0.39 is 0 Å².